The lowest BCUT2D eigenvalue weighted by Crippen LogP contribution is -2.44. The maximum absolute atomic E-state index is 12.9. The number of benzene rings is 2. The SMILES string of the molecule is COc1ccc(-c2[nH]c3ccc(OCC(=O)N4CCC(OC5CCNCC5)CC4)cc3c2C(C)C)cc1OC. The normalized spacial score (nSPS) is 17.1. The number of aromatic amines is 1. The molecule has 2 aliphatic heterocycles. The van der Waals surface area contributed by atoms with Crippen LogP contribution in [0.2, 0.25) is 0 Å². The van der Waals surface area contributed by atoms with Crippen molar-refractivity contribution in [1.29, 1.82) is 0 Å². The van der Waals surface area contributed by atoms with Gasteiger partial charge in [-0.2, -0.15) is 0 Å². The van der Waals surface area contributed by atoms with Crippen molar-refractivity contribution in [2.75, 3.05) is 47.0 Å². The van der Waals surface area contributed by atoms with E-state index in [9.17, 15) is 4.79 Å². The van der Waals surface area contributed by atoms with E-state index in [0.29, 0.717) is 23.4 Å². The van der Waals surface area contributed by atoms with Gasteiger partial charge in [0.25, 0.3) is 5.91 Å². The summed E-state index contributed by atoms with van der Waals surface area (Å²) < 4.78 is 23.3. The van der Waals surface area contributed by atoms with Crippen LogP contribution in [0.3, 0.4) is 0 Å². The summed E-state index contributed by atoms with van der Waals surface area (Å²) in [5, 5.41) is 4.47. The van der Waals surface area contributed by atoms with Crippen molar-refractivity contribution in [2.45, 2.75) is 57.7 Å². The van der Waals surface area contributed by atoms with Gasteiger partial charge in [0.2, 0.25) is 0 Å². The number of carbonyl (C=O) groups excluding carboxylic acids is 1. The second-order valence-corrected chi connectivity index (χ2v) is 10.8. The molecular formula is C31H41N3O5. The standard InChI is InChI=1S/C31H41N3O5/c1-20(2)30-25-18-24(6-7-26(25)33-31(30)21-5-8-27(36-3)28(17-21)37-4)38-19-29(35)34-15-11-23(12-16-34)39-22-9-13-32-14-10-22/h5-8,17-18,20,22-23,32-33H,9-16,19H2,1-4H3. The van der Waals surface area contributed by atoms with E-state index in [1.807, 2.05) is 41.3 Å². The molecule has 2 aliphatic rings. The van der Waals surface area contributed by atoms with E-state index in [0.717, 1.165) is 74.0 Å². The number of amides is 1. The Bertz CT molecular complexity index is 1270. The minimum Gasteiger partial charge on any atom is -0.493 e. The summed E-state index contributed by atoms with van der Waals surface area (Å²) in [5.41, 5.74) is 4.30. The average molecular weight is 536 g/mol. The van der Waals surface area contributed by atoms with Crippen LogP contribution in [-0.2, 0) is 9.53 Å². The number of carbonyl (C=O) groups is 1. The Hall–Kier alpha value is -3.23. The van der Waals surface area contributed by atoms with Gasteiger partial charge in [0.05, 0.1) is 32.1 Å². The third kappa shape index (κ3) is 6.17. The molecule has 0 aliphatic carbocycles. The van der Waals surface area contributed by atoms with Crippen LogP contribution in [0, 0.1) is 0 Å². The van der Waals surface area contributed by atoms with Crippen LogP contribution in [-0.4, -0.2) is 75.0 Å². The van der Waals surface area contributed by atoms with Crippen LogP contribution in [0.15, 0.2) is 36.4 Å². The predicted octanol–water partition coefficient (Wildman–Crippen LogP) is 5.11. The number of hydrogen-bond donors (Lipinski definition) is 2. The number of hydrogen-bond acceptors (Lipinski definition) is 6. The Morgan fingerprint density at radius 1 is 0.949 bits per heavy atom. The number of piperidine rings is 2. The monoisotopic (exact) mass is 535 g/mol. The van der Waals surface area contributed by atoms with Gasteiger partial charge in [0.15, 0.2) is 18.1 Å². The van der Waals surface area contributed by atoms with Crippen molar-refractivity contribution in [1.82, 2.24) is 15.2 Å². The molecule has 210 valence electrons. The van der Waals surface area contributed by atoms with E-state index in [4.69, 9.17) is 18.9 Å². The summed E-state index contributed by atoms with van der Waals surface area (Å²) in [6, 6.07) is 11.9. The van der Waals surface area contributed by atoms with Gasteiger partial charge in [0, 0.05) is 29.6 Å². The van der Waals surface area contributed by atoms with E-state index >= 15 is 0 Å². The molecule has 3 heterocycles. The number of rotatable bonds is 9. The topological polar surface area (TPSA) is 85.1 Å². The highest BCUT2D eigenvalue weighted by Gasteiger charge is 2.26. The third-order valence-electron chi connectivity index (χ3n) is 7.89. The summed E-state index contributed by atoms with van der Waals surface area (Å²) in [6.45, 7) is 7.91. The lowest BCUT2D eigenvalue weighted by molar-refractivity contribution is -0.137. The number of methoxy groups -OCH3 is 2. The van der Waals surface area contributed by atoms with Gasteiger partial charge in [-0.1, -0.05) is 13.8 Å². The molecule has 2 saturated heterocycles. The van der Waals surface area contributed by atoms with Crippen molar-refractivity contribution < 1.29 is 23.7 Å². The molecule has 2 N–H and O–H groups in total. The Morgan fingerprint density at radius 2 is 1.67 bits per heavy atom. The zero-order valence-corrected chi connectivity index (χ0v) is 23.5. The van der Waals surface area contributed by atoms with Crippen LogP contribution in [0.1, 0.15) is 51.0 Å². The predicted molar refractivity (Wildman–Crippen MR) is 153 cm³/mol. The van der Waals surface area contributed by atoms with Crippen molar-refractivity contribution in [2.24, 2.45) is 0 Å². The molecule has 1 amide bonds. The Balaban J connectivity index is 1.24. The van der Waals surface area contributed by atoms with Gasteiger partial charge in [-0.3, -0.25) is 4.79 Å². The zero-order valence-electron chi connectivity index (χ0n) is 23.5. The first-order chi connectivity index (χ1) is 19.0. The van der Waals surface area contributed by atoms with E-state index in [-0.39, 0.29) is 24.5 Å². The number of ether oxygens (including phenoxy) is 4. The molecule has 1 aromatic heterocycles. The Labute approximate surface area is 230 Å². The molecule has 8 heteroatoms. The minimum atomic E-state index is 0.0274. The number of fused-ring (bicyclic) bond motifs is 1. The Morgan fingerprint density at radius 3 is 2.36 bits per heavy atom. The summed E-state index contributed by atoms with van der Waals surface area (Å²) >= 11 is 0. The molecule has 0 radical (unpaired) electrons. The second-order valence-electron chi connectivity index (χ2n) is 10.8. The number of likely N-dealkylation sites (tertiary alicyclic amines) is 1. The Kier molecular flexibility index (Phi) is 8.63. The summed E-state index contributed by atoms with van der Waals surface area (Å²) in [7, 11) is 3.28. The number of aromatic nitrogens is 1. The number of nitrogens with one attached hydrogen (secondary N) is 2. The maximum Gasteiger partial charge on any atom is 0.260 e. The minimum absolute atomic E-state index is 0.0274. The van der Waals surface area contributed by atoms with Crippen molar-refractivity contribution >= 4 is 16.8 Å². The molecule has 2 fully saturated rings. The van der Waals surface area contributed by atoms with Gasteiger partial charge in [-0.05, 0) is 86.7 Å². The quantitative estimate of drug-likeness (QED) is 0.396. The molecule has 8 nitrogen and oxygen atoms in total. The van der Waals surface area contributed by atoms with E-state index < -0.39 is 0 Å². The van der Waals surface area contributed by atoms with Gasteiger partial charge in [0.1, 0.15) is 5.75 Å². The summed E-state index contributed by atoms with van der Waals surface area (Å²) in [6.07, 6.45) is 4.54. The summed E-state index contributed by atoms with van der Waals surface area (Å²) in [5.74, 6) is 2.38. The van der Waals surface area contributed by atoms with Crippen LogP contribution in [0.5, 0.6) is 17.2 Å². The lowest BCUT2D eigenvalue weighted by atomic mass is 9.96. The molecule has 2 aromatic carbocycles. The molecular weight excluding hydrogens is 494 g/mol. The fourth-order valence-electron chi connectivity index (χ4n) is 5.78. The van der Waals surface area contributed by atoms with E-state index in [1.165, 1.54) is 5.56 Å². The second kappa shape index (κ2) is 12.3. The van der Waals surface area contributed by atoms with Crippen molar-refractivity contribution in [3.63, 3.8) is 0 Å². The van der Waals surface area contributed by atoms with Crippen LogP contribution in [0.4, 0.5) is 0 Å². The smallest absolute Gasteiger partial charge is 0.260 e. The fraction of sp³-hybridized carbons (Fsp3) is 0.516. The maximum atomic E-state index is 12.9. The van der Waals surface area contributed by atoms with Crippen LogP contribution < -0.4 is 19.5 Å². The molecule has 39 heavy (non-hydrogen) atoms. The zero-order chi connectivity index (χ0) is 27.4. The van der Waals surface area contributed by atoms with Crippen LogP contribution in [0.25, 0.3) is 22.2 Å². The molecule has 0 saturated carbocycles. The van der Waals surface area contributed by atoms with Gasteiger partial charge in [-0.15, -0.1) is 0 Å². The first kappa shape index (κ1) is 27.3. The van der Waals surface area contributed by atoms with Crippen LogP contribution >= 0.6 is 0 Å². The highest BCUT2D eigenvalue weighted by molar-refractivity contribution is 5.92. The fourth-order valence-corrected chi connectivity index (χ4v) is 5.78. The molecule has 0 atom stereocenters. The largest absolute Gasteiger partial charge is 0.493 e. The third-order valence-corrected chi connectivity index (χ3v) is 7.89. The molecule has 0 bridgehead atoms. The van der Waals surface area contributed by atoms with Crippen molar-refractivity contribution in [3.8, 4) is 28.5 Å². The molecule has 0 spiro atoms. The van der Waals surface area contributed by atoms with Gasteiger partial charge in [-0.25, -0.2) is 0 Å². The number of H-pyrrole nitrogens is 1. The molecule has 5 rings (SSSR count). The average Bonchev–Trinajstić information content (AvgIpc) is 3.35. The van der Waals surface area contributed by atoms with E-state index in [1.54, 1.807) is 14.2 Å². The van der Waals surface area contributed by atoms with E-state index in [2.05, 4.69) is 24.1 Å². The molecule has 3 aromatic rings. The van der Waals surface area contributed by atoms with Gasteiger partial charge >= 0.3 is 0 Å². The number of nitrogens with zero attached hydrogens (tertiary/aromatic N) is 1. The molecule has 0 unspecified atom stereocenters. The van der Waals surface area contributed by atoms with Crippen molar-refractivity contribution in [3.05, 3.63) is 42.0 Å². The highest BCUT2D eigenvalue weighted by Crippen LogP contribution is 2.40. The lowest BCUT2D eigenvalue weighted by Gasteiger charge is -2.35. The van der Waals surface area contributed by atoms with Gasteiger partial charge < -0.3 is 34.1 Å². The first-order valence-corrected chi connectivity index (χ1v) is 14.1. The summed E-state index contributed by atoms with van der Waals surface area (Å²) in [4.78, 5) is 18.4. The first-order valence-electron chi connectivity index (χ1n) is 14.1. The highest BCUT2D eigenvalue weighted by atomic mass is 16.5.